The number of rotatable bonds is 2. The molecule has 0 aliphatic heterocycles. The summed E-state index contributed by atoms with van der Waals surface area (Å²) in [6.45, 7) is 10.7. The molecule has 1 unspecified atom stereocenters. The average molecular weight is 347 g/mol. The van der Waals surface area contributed by atoms with Crippen molar-refractivity contribution in [2.75, 3.05) is 0 Å². The summed E-state index contributed by atoms with van der Waals surface area (Å²) < 4.78 is 14.9. The van der Waals surface area contributed by atoms with Crippen LogP contribution < -0.4 is 0 Å². The zero-order valence-corrected chi connectivity index (χ0v) is 16.3. The van der Waals surface area contributed by atoms with Crippen LogP contribution in [0.4, 0.5) is 4.39 Å². The van der Waals surface area contributed by atoms with Crippen LogP contribution in [0.15, 0.2) is 47.7 Å². The molecule has 1 aromatic heterocycles. The normalized spacial score (nSPS) is 21.3. The number of pyridine rings is 1. The van der Waals surface area contributed by atoms with Crippen molar-refractivity contribution in [3.8, 4) is 0 Å². The molecule has 0 fully saturated rings. The Morgan fingerprint density at radius 3 is 2.81 bits per heavy atom. The molecule has 1 nitrogen and oxygen atoms in total. The third-order valence-electron chi connectivity index (χ3n) is 6.15. The maximum Gasteiger partial charge on any atom is 0.134 e. The molecule has 1 atom stereocenters. The largest absolute Gasteiger partial charge is 0.256 e. The van der Waals surface area contributed by atoms with Gasteiger partial charge in [-0.05, 0) is 67.9 Å². The lowest BCUT2D eigenvalue weighted by molar-refractivity contribution is 0.587. The Labute approximate surface area is 155 Å². The predicted molar refractivity (Wildman–Crippen MR) is 108 cm³/mol. The summed E-state index contributed by atoms with van der Waals surface area (Å²) in [4.78, 5) is 4.78. The summed E-state index contributed by atoms with van der Waals surface area (Å²) in [6.07, 6.45) is 10.5. The maximum atomic E-state index is 14.9. The van der Waals surface area contributed by atoms with E-state index in [0.717, 1.165) is 23.9 Å². The third kappa shape index (κ3) is 2.24. The minimum Gasteiger partial charge on any atom is -0.256 e. The lowest BCUT2D eigenvalue weighted by Gasteiger charge is -2.41. The highest BCUT2D eigenvalue weighted by Crippen LogP contribution is 2.53. The minimum atomic E-state index is -0.155. The molecule has 4 rings (SSSR count). The molecule has 1 aromatic carbocycles. The highest BCUT2D eigenvalue weighted by Gasteiger charge is 2.40. The van der Waals surface area contributed by atoms with Crippen LogP contribution in [0.3, 0.4) is 0 Å². The molecule has 2 aromatic rings. The molecule has 0 saturated heterocycles. The second kappa shape index (κ2) is 5.90. The second-order valence-electron chi connectivity index (χ2n) is 8.18. The number of aromatic nitrogens is 1. The lowest BCUT2D eigenvalue weighted by Crippen LogP contribution is -2.30. The molecule has 0 radical (unpaired) electrons. The van der Waals surface area contributed by atoms with Crippen molar-refractivity contribution in [2.45, 2.75) is 52.9 Å². The maximum absolute atomic E-state index is 14.9. The smallest absolute Gasteiger partial charge is 0.134 e. The summed E-state index contributed by atoms with van der Waals surface area (Å²) in [5.74, 6) is 0.292. The lowest BCUT2D eigenvalue weighted by atomic mass is 9.62. The monoisotopic (exact) mass is 347 g/mol. The topological polar surface area (TPSA) is 12.9 Å². The number of allylic oxidation sites excluding steroid dienone is 6. The summed E-state index contributed by atoms with van der Waals surface area (Å²) in [5.41, 5.74) is 6.81. The number of hydrogen-bond acceptors (Lipinski definition) is 1. The zero-order valence-electron chi connectivity index (χ0n) is 16.3. The van der Waals surface area contributed by atoms with Gasteiger partial charge in [0.05, 0.1) is 5.69 Å². The van der Waals surface area contributed by atoms with Gasteiger partial charge in [0.2, 0.25) is 0 Å². The van der Waals surface area contributed by atoms with E-state index in [4.69, 9.17) is 4.98 Å². The van der Waals surface area contributed by atoms with Gasteiger partial charge in [-0.2, -0.15) is 0 Å². The number of fused-ring (bicyclic) bond motifs is 1. The molecule has 2 aliphatic rings. The Balaban J connectivity index is 2.12. The van der Waals surface area contributed by atoms with Gasteiger partial charge in [-0.25, -0.2) is 4.39 Å². The first-order chi connectivity index (χ1) is 12.4. The first kappa shape index (κ1) is 17.2. The number of hydrogen-bond donors (Lipinski definition) is 0. The number of halogens is 1. The van der Waals surface area contributed by atoms with Gasteiger partial charge in [0.15, 0.2) is 0 Å². The summed E-state index contributed by atoms with van der Waals surface area (Å²) in [6, 6.07) is 3.87. The van der Waals surface area contributed by atoms with E-state index in [1.165, 1.54) is 22.3 Å². The molecule has 2 aliphatic carbocycles. The molecule has 0 amide bonds. The molecule has 1 heterocycles. The molecule has 0 saturated carbocycles. The van der Waals surface area contributed by atoms with E-state index in [-0.39, 0.29) is 11.2 Å². The predicted octanol–water partition coefficient (Wildman–Crippen LogP) is 6.66. The van der Waals surface area contributed by atoms with E-state index in [9.17, 15) is 4.39 Å². The highest BCUT2D eigenvalue weighted by molar-refractivity contribution is 6.01. The van der Waals surface area contributed by atoms with Crippen LogP contribution in [-0.2, 0) is 5.41 Å². The van der Waals surface area contributed by atoms with Crippen molar-refractivity contribution in [3.63, 3.8) is 0 Å². The molecule has 134 valence electrons. The molecule has 0 N–H and O–H groups in total. The van der Waals surface area contributed by atoms with E-state index in [1.807, 2.05) is 19.1 Å². The van der Waals surface area contributed by atoms with Crippen LogP contribution in [0.5, 0.6) is 0 Å². The Morgan fingerprint density at radius 1 is 1.31 bits per heavy atom. The van der Waals surface area contributed by atoms with Crippen LogP contribution in [0, 0.1) is 18.7 Å². The molecule has 2 heteroatoms. The van der Waals surface area contributed by atoms with Crippen molar-refractivity contribution >= 4 is 16.3 Å². The van der Waals surface area contributed by atoms with Gasteiger partial charge in [-0.3, -0.25) is 4.98 Å². The van der Waals surface area contributed by atoms with Gasteiger partial charge in [0.1, 0.15) is 5.82 Å². The Hall–Kier alpha value is -2.22. The van der Waals surface area contributed by atoms with E-state index >= 15 is 0 Å². The van der Waals surface area contributed by atoms with Crippen LogP contribution in [0.2, 0.25) is 0 Å². The van der Waals surface area contributed by atoms with Crippen molar-refractivity contribution < 1.29 is 4.39 Å². The van der Waals surface area contributed by atoms with E-state index in [2.05, 4.69) is 45.9 Å². The second-order valence-corrected chi connectivity index (χ2v) is 8.18. The Morgan fingerprint density at radius 2 is 2.08 bits per heavy atom. The summed E-state index contributed by atoms with van der Waals surface area (Å²) in [7, 11) is 0. The van der Waals surface area contributed by atoms with Crippen molar-refractivity contribution in [3.05, 3.63) is 70.3 Å². The van der Waals surface area contributed by atoms with Gasteiger partial charge < -0.3 is 0 Å². The van der Waals surface area contributed by atoms with Gasteiger partial charge >= 0.3 is 0 Å². The molecule has 26 heavy (non-hydrogen) atoms. The fraction of sp³-hybridized carbons (Fsp3) is 0.375. The van der Waals surface area contributed by atoms with Crippen molar-refractivity contribution in [1.82, 2.24) is 4.98 Å². The highest BCUT2D eigenvalue weighted by atomic mass is 19.1. The van der Waals surface area contributed by atoms with E-state index in [0.29, 0.717) is 16.9 Å². The number of benzene rings is 1. The van der Waals surface area contributed by atoms with E-state index in [1.54, 1.807) is 6.20 Å². The van der Waals surface area contributed by atoms with Crippen LogP contribution in [0.25, 0.3) is 16.3 Å². The average Bonchev–Trinajstić information content (AvgIpc) is 2.61. The molecule has 0 bridgehead atoms. The van der Waals surface area contributed by atoms with Crippen molar-refractivity contribution in [1.29, 1.82) is 0 Å². The standard InChI is InChI=1S/C24H26FN/c1-6-7-8-16-10-9-14(2)21-19(16)23-20-17(11-12-26-23)22(25)15(3)13-18(20)24(21,4)5/h6-7,9,11-13,16H,8,10H2,1-5H3. The van der Waals surface area contributed by atoms with Crippen LogP contribution in [0.1, 0.15) is 57.4 Å². The molecular weight excluding hydrogens is 321 g/mol. The van der Waals surface area contributed by atoms with Gasteiger partial charge in [-0.1, -0.05) is 43.7 Å². The summed E-state index contributed by atoms with van der Waals surface area (Å²) in [5, 5.41) is 1.72. The van der Waals surface area contributed by atoms with Gasteiger partial charge in [0.25, 0.3) is 0 Å². The third-order valence-corrected chi connectivity index (χ3v) is 6.15. The first-order valence-corrected chi connectivity index (χ1v) is 9.49. The first-order valence-electron chi connectivity index (χ1n) is 9.49. The summed E-state index contributed by atoms with van der Waals surface area (Å²) >= 11 is 0. The fourth-order valence-electron chi connectivity index (χ4n) is 4.92. The zero-order chi connectivity index (χ0) is 18.6. The molecular formula is C24H26FN. The number of aryl methyl sites for hydroxylation is 1. The Bertz CT molecular complexity index is 1000. The van der Waals surface area contributed by atoms with Gasteiger partial charge in [-0.15, -0.1) is 0 Å². The quantitative estimate of drug-likeness (QED) is 0.554. The molecule has 0 spiro atoms. The Kier molecular flexibility index (Phi) is 3.91. The fourth-order valence-corrected chi connectivity index (χ4v) is 4.92. The van der Waals surface area contributed by atoms with E-state index < -0.39 is 0 Å². The van der Waals surface area contributed by atoms with Crippen molar-refractivity contribution in [2.24, 2.45) is 5.92 Å². The van der Waals surface area contributed by atoms with Crippen LogP contribution >= 0.6 is 0 Å². The van der Waals surface area contributed by atoms with Gasteiger partial charge in [0, 0.05) is 22.4 Å². The number of nitrogens with zero attached hydrogens (tertiary/aromatic N) is 1. The minimum absolute atomic E-state index is 0.111. The van der Waals surface area contributed by atoms with Crippen LogP contribution in [-0.4, -0.2) is 4.98 Å². The SMILES string of the molecule is CC=CCC1CC=C(C)C2=C1c1nccc3c(F)c(C)cc(c13)C2(C)C.